The number of aryl methyl sites for hydroxylation is 1. The maximum Gasteiger partial charge on any atom is 0.136 e. The van der Waals surface area contributed by atoms with Crippen LogP contribution >= 0.6 is 12.2 Å². The number of nitrogens with two attached hydrogens (primary N) is 1. The molecular weight excluding hydrogens is 254 g/mol. The van der Waals surface area contributed by atoms with E-state index in [0.717, 1.165) is 30.0 Å². The van der Waals surface area contributed by atoms with E-state index in [1.807, 2.05) is 37.3 Å². The highest BCUT2D eigenvalue weighted by molar-refractivity contribution is 7.80. The SMILES string of the molecule is Cc1ccc(C(N)=S)c(NCCc2ccccc2)n1. The Morgan fingerprint density at radius 3 is 2.63 bits per heavy atom. The van der Waals surface area contributed by atoms with Crippen molar-refractivity contribution >= 4 is 23.0 Å². The van der Waals surface area contributed by atoms with Gasteiger partial charge in [0, 0.05) is 12.2 Å². The van der Waals surface area contributed by atoms with Crippen LogP contribution in [0.4, 0.5) is 5.82 Å². The molecule has 1 aromatic heterocycles. The molecule has 0 bridgehead atoms. The van der Waals surface area contributed by atoms with E-state index in [2.05, 4.69) is 22.4 Å². The van der Waals surface area contributed by atoms with Crippen LogP contribution in [-0.4, -0.2) is 16.5 Å². The number of anilines is 1. The predicted molar refractivity (Wildman–Crippen MR) is 83.5 cm³/mol. The average Bonchev–Trinajstić information content (AvgIpc) is 2.39. The fraction of sp³-hybridized carbons (Fsp3) is 0.200. The first-order valence-electron chi connectivity index (χ1n) is 6.22. The summed E-state index contributed by atoms with van der Waals surface area (Å²) >= 11 is 5.03. The number of hydrogen-bond donors (Lipinski definition) is 2. The molecule has 1 aromatic carbocycles. The smallest absolute Gasteiger partial charge is 0.136 e. The Bertz CT molecular complexity index is 567. The summed E-state index contributed by atoms with van der Waals surface area (Å²) in [5.74, 6) is 0.767. The van der Waals surface area contributed by atoms with E-state index >= 15 is 0 Å². The van der Waals surface area contributed by atoms with Crippen molar-refractivity contribution in [2.24, 2.45) is 5.73 Å². The van der Waals surface area contributed by atoms with Gasteiger partial charge >= 0.3 is 0 Å². The summed E-state index contributed by atoms with van der Waals surface area (Å²) in [4.78, 5) is 4.82. The highest BCUT2D eigenvalue weighted by Gasteiger charge is 2.06. The topological polar surface area (TPSA) is 50.9 Å². The maximum absolute atomic E-state index is 5.70. The molecule has 3 N–H and O–H groups in total. The van der Waals surface area contributed by atoms with Crippen molar-refractivity contribution in [1.29, 1.82) is 0 Å². The number of pyridine rings is 1. The van der Waals surface area contributed by atoms with Gasteiger partial charge in [0.25, 0.3) is 0 Å². The molecule has 0 amide bonds. The average molecular weight is 271 g/mol. The molecule has 98 valence electrons. The van der Waals surface area contributed by atoms with Gasteiger partial charge in [-0.2, -0.15) is 0 Å². The minimum absolute atomic E-state index is 0.370. The van der Waals surface area contributed by atoms with Gasteiger partial charge < -0.3 is 11.1 Å². The Morgan fingerprint density at radius 2 is 1.95 bits per heavy atom. The molecular formula is C15H17N3S. The second-order valence-electron chi connectivity index (χ2n) is 4.38. The van der Waals surface area contributed by atoms with Gasteiger partial charge in [0.15, 0.2) is 0 Å². The molecule has 0 unspecified atom stereocenters. The molecule has 0 spiro atoms. The van der Waals surface area contributed by atoms with Crippen LogP contribution in [0, 0.1) is 6.92 Å². The van der Waals surface area contributed by atoms with E-state index in [9.17, 15) is 0 Å². The van der Waals surface area contributed by atoms with Gasteiger partial charge in [-0.25, -0.2) is 4.98 Å². The highest BCUT2D eigenvalue weighted by Crippen LogP contribution is 2.13. The van der Waals surface area contributed by atoms with Gasteiger partial charge in [-0.1, -0.05) is 42.5 Å². The molecule has 0 fully saturated rings. The summed E-state index contributed by atoms with van der Waals surface area (Å²) < 4.78 is 0. The standard InChI is InChI=1S/C15H17N3S/c1-11-7-8-13(14(16)19)15(18-11)17-10-9-12-5-3-2-4-6-12/h2-8H,9-10H2,1H3,(H2,16,19)(H,17,18). The minimum atomic E-state index is 0.370. The monoisotopic (exact) mass is 271 g/mol. The van der Waals surface area contributed by atoms with Gasteiger partial charge in [0.2, 0.25) is 0 Å². The van der Waals surface area contributed by atoms with Crippen molar-refractivity contribution in [2.75, 3.05) is 11.9 Å². The van der Waals surface area contributed by atoms with Crippen LogP contribution in [0.5, 0.6) is 0 Å². The van der Waals surface area contributed by atoms with Crippen LogP contribution < -0.4 is 11.1 Å². The maximum atomic E-state index is 5.70. The molecule has 0 saturated carbocycles. The Hall–Kier alpha value is -1.94. The van der Waals surface area contributed by atoms with E-state index in [-0.39, 0.29) is 0 Å². The second-order valence-corrected chi connectivity index (χ2v) is 4.82. The van der Waals surface area contributed by atoms with E-state index in [1.165, 1.54) is 5.56 Å². The van der Waals surface area contributed by atoms with Gasteiger partial charge in [-0.05, 0) is 31.0 Å². The lowest BCUT2D eigenvalue weighted by Gasteiger charge is -2.11. The zero-order chi connectivity index (χ0) is 13.7. The normalized spacial score (nSPS) is 10.2. The minimum Gasteiger partial charge on any atom is -0.389 e. The van der Waals surface area contributed by atoms with Gasteiger partial charge in [-0.15, -0.1) is 0 Å². The van der Waals surface area contributed by atoms with Crippen molar-refractivity contribution in [3.05, 3.63) is 59.3 Å². The number of hydrogen-bond acceptors (Lipinski definition) is 3. The van der Waals surface area contributed by atoms with Crippen LogP contribution in [0.15, 0.2) is 42.5 Å². The fourth-order valence-electron chi connectivity index (χ4n) is 1.86. The second kappa shape index (κ2) is 6.29. The van der Waals surface area contributed by atoms with Crippen LogP contribution in [-0.2, 0) is 6.42 Å². The molecule has 19 heavy (non-hydrogen) atoms. The number of rotatable bonds is 5. The summed E-state index contributed by atoms with van der Waals surface area (Å²) in [5.41, 5.74) is 8.74. The number of benzene rings is 1. The lowest BCUT2D eigenvalue weighted by atomic mass is 10.1. The molecule has 0 saturated heterocycles. The van der Waals surface area contributed by atoms with E-state index < -0.39 is 0 Å². The quantitative estimate of drug-likeness (QED) is 0.821. The van der Waals surface area contributed by atoms with Crippen molar-refractivity contribution < 1.29 is 0 Å². The number of nitrogens with one attached hydrogen (secondary N) is 1. The van der Waals surface area contributed by atoms with Crippen molar-refractivity contribution in [3.8, 4) is 0 Å². The third-order valence-electron chi connectivity index (χ3n) is 2.85. The summed E-state index contributed by atoms with van der Waals surface area (Å²) in [7, 11) is 0. The van der Waals surface area contributed by atoms with Crippen molar-refractivity contribution in [1.82, 2.24) is 4.98 Å². The van der Waals surface area contributed by atoms with Gasteiger partial charge in [0.05, 0.1) is 5.56 Å². The predicted octanol–water partition coefficient (Wildman–Crippen LogP) is 2.68. The Balaban J connectivity index is 2.03. The first kappa shape index (κ1) is 13.5. The first-order chi connectivity index (χ1) is 9.16. The molecule has 0 aliphatic heterocycles. The zero-order valence-corrected chi connectivity index (χ0v) is 11.7. The summed E-state index contributed by atoms with van der Waals surface area (Å²) in [5, 5.41) is 3.31. The Labute approximate surface area is 118 Å². The lowest BCUT2D eigenvalue weighted by molar-refractivity contribution is 1.000. The third-order valence-corrected chi connectivity index (χ3v) is 3.07. The van der Waals surface area contributed by atoms with E-state index in [4.69, 9.17) is 18.0 Å². The zero-order valence-electron chi connectivity index (χ0n) is 10.9. The largest absolute Gasteiger partial charge is 0.389 e. The summed E-state index contributed by atoms with van der Waals surface area (Å²) in [6.07, 6.45) is 0.938. The molecule has 2 aromatic rings. The van der Waals surface area contributed by atoms with Crippen molar-refractivity contribution in [3.63, 3.8) is 0 Å². The van der Waals surface area contributed by atoms with E-state index in [1.54, 1.807) is 0 Å². The van der Waals surface area contributed by atoms with E-state index in [0.29, 0.717) is 4.99 Å². The van der Waals surface area contributed by atoms with Crippen LogP contribution in [0.25, 0.3) is 0 Å². The fourth-order valence-corrected chi connectivity index (χ4v) is 2.02. The third kappa shape index (κ3) is 3.76. The Kier molecular flexibility index (Phi) is 4.47. The molecule has 0 atom stereocenters. The number of aromatic nitrogens is 1. The summed E-state index contributed by atoms with van der Waals surface area (Å²) in [6, 6.07) is 14.2. The van der Waals surface area contributed by atoms with Crippen LogP contribution in [0.2, 0.25) is 0 Å². The summed E-state index contributed by atoms with van der Waals surface area (Å²) in [6.45, 7) is 2.75. The highest BCUT2D eigenvalue weighted by atomic mass is 32.1. The number of nitrogens with zero attached hydrogens (tertiary/aromatic N) is 1. The molecule has 0 radical (unpaired) electrons. The van der Waals surface area contributed by atoms with Gasteiger partial charge in [-0.3, -0.25) is 0 Å². The molecule has 4 heteroatoms. The first-order valence-corrected chi connectivity index (χ1v) is 6.63. The molecule has 0 aliphatic carbocycles. The molecule has 0 aliphatic rings. The van der Waals surface area contributed by atoms with Crippen LogP contribution in [0.3, 0.4) is 0 Å². The molecule has 1 heterocycles. The molecule has 2 rings (SSSR count). The van der Waals surface area contributed by atoms with Crippen LogP contribution in [0.1, 0.15) is 16.8 Å². The number of thiocarbonyl (C=S) groups is 1. The van der Waals surface area contributed by atoms with Crippen molar-refractivity contribution in [2.45, 2.75) is 13.3 Å². The van der Waals surface area contributed by atoms with Gasteiger partial charge in [0.1, 0.15) is 10.8 Å². The Morgan fingerprint density at radius 1 is 1.21 bits per heavy atom. The lowest BCUT2D eigenvalue weighted by Crippen LogP contribution is -2.16. The molecule has 3 nitrogen and oxygen atoms in total.